The maximum atomic E-state index is 12.1. The van der Waals surface area contributed by atoms with Gasteiger partial charge in [-0.2, -0.15) is 0 Å². The third-order valence-electron chi connectivity index (χ3n) is 3.19. The van der Waals surface area contributed by atoms with Crippen molar-refractivity contribution in [2.24, 2.45) is 0 Å². The third kappa shape index (κ3) is 6.65. The van der Waals surface area contributed by atoms with Gasteiger partial charge in [0.05, 0.1) is 23.7 Å². The second-order valence-corrected chi connectivity index (χ2v) is 5.27. The molecule has 0 fully saturated rings. The van der Waals surface area contributed by atoms with Gasteiger partial charge in [0.25, 0.3) is 11.6 Å². The topological polar surface area (TPSA) is 108 Å². The standard InChI is InChI=1S/C15H19ClN2O7/c1-23-7-5-17(6-8-24-2)14(19)10-25-15(20)11-3-4-12(16)13(9-11)18(21)22/h3-4,9H,5-8,10H2,1-2H3. The molecule has 10 heteroatoms. The molecule has 0 aliphatic rings. The van der Waals surface area contributed by atoms with Gasteiger partial charge in [0.2, 0.25) is 0 Å². The fourth-order valence-electron chi connectivity index (χ4n) is 1.85. The Morgan fingerprint density at radius 1 is 1.20 bits per heavy atom. The molecule has 0 radical (unpaired) electrons. The summed E-state index contributed by atoms with van der Waals surface area (Å²) in [5.41, 5.74) is -0.478. The van der Waals surface area contributed by atoms with Crippen LogP contribution in [0.4, 0.5) is 5.69 Å². The number of esters is 1. The third-order valence-corrected chi connectivity index (χ3v) is 3.51. The van der Waals surface area contributed by atoms with E-state index in [-0.39, 0.29) is 10.6 Å². The second-order valence-electron chi connectivity index (χ2n) is 4.87. The number of ether oxygens (including phenoxy) is 3. The molecule has 9 nitrogen and oxygen atoms in total. The molecule has 0 heterocycles. The van der Waals surface area contributed by atoms with Crippen molar-refractivity contribution in [3.8, 4) is 0 Å². The first-order valence-electron chi connectivity index (χ1n) is 7.27. The van der Waals surface area contributed by atoms with Crippen molar-refractivity contribution < 1.29 is 28.7 Å². The smallest absolute Gasteiger partial charge is 0.338 e. The molecule has 0 saturated heterocycles. The Hall–Kier alpha value is -2.23. The SMILES string of the molecule is COCCN(CCOC)C(=O)COC(=O)c1ccc(Cl)c([N+](=O)[O-])c1. The number of nitro benzene ring substituents is 1. The summed E-state index contributed by atoms with van der Waals surface area (Å²) in [6, 6.07) is 3.51. The number of nitrogens with zero attached hydrogens (tertiary/aromatic N) is 2. The molecule has 25 heavy (non-hydrogen) atoms. The summed E-state index contributed by atoms with van der Waals surface area (Å²) in [6.45, 7) is 0.799. The van der Waals surface area contributed by atoms with Crippen LogP contribution in [0.1, 0.15) is 10.4 Å². The quantitative estimate of drug-likeness (QED) is 0.347. The molecule has 0 spiro atoms. The number of halogens is 1. The van der Waals surface area contributed by atoms with E-state index < -0.39 is 29.1 Å². The van der Waals surface area contributed by atoms with Gasteiger partial charge in [-0.3, -0.25) is 14.9 Å². The number of methoxy groups -OCH3 is 2. The van der Waals surface area contributed by atoms with Crippen LogP contribution in [0.2, 0.25) is 5.02 Å². The highest BCUT2D eigenvalue weighted by molar-refractivity contribution is 6.32. The molecule has 1 aromatic carbocycles. The van der Waals surface area contributed by atoms with E-state index in [4.69, 9.17) is 25.8 Å². The lowest BCUT2D eigenvalue weighted by Gasteiger charge is -2.21. The Balaban J connectivity index is 2.68. The van der Waals surface area contributed by atoms with Crippen LogP contribution in [0, 0.1) is 10.1 Å². The van der Waals surface area contributed by atoms with E-state index in [0.717, 1.165) is 6.07 Å². The summed E-state index contributed by atoms with van der Waals surface area (Å²) in [5.74, 6) is -1.28. The highest BCUT2D eigenvalue weighted by Gasteiger charge is 2.19. The lowest BCUT2D eigenvalue weighted by molar-refractivity contribution is -0.384. The van der Waals surface area contributed by atoms with Crippen molar-refractivity contribution in [3.05, 3.63) is 38.9 Å². The first kappa shape index (κ1) is 20.8. The minimum atomic E-state index is -0.855. The first-order valence-corrected chi connectivity index (χ1v) is 7.65. The summed E-state index contributed by atoms with van der Waals surface area (Å²) in [6.07, 6.45) is 0. The Kier molecular flexibility index (Phi) is 8.82. The predicted octanol–water partition coefficient (Wildman–Crippen LogP) is 1.53. The van der Waals surface area contributed by atoms with Gasteiger partial charge in [-0.1, -0.05) is 11.6 Å². The van der Waals surface area contributed by atoms with Crippen molar-refractivity contribution >= 4 is 29.2 Å². The Bertz CT molecular complexity index is 616. The molecular weight excluding hydrogens is 356 g/mol. The van der Waals surface area contributed by atoms with Crippen LogP contribution in [0.25, 0.3) is 0 Å². The average molecular weight is 375 g/mol. The molecular formula is C15H19ClN2O7. The van der Waals surface area contributed by atoms with E-state index in [1.165, 1.54) is 31.3 Å². The second kappa shape index (κ2) is 10.6. The van der Waals surface area contributed by atoms with Crippen LogP contribution >= 0.6 is 11.6 Å². The number of amides is 1. The number of carbonyl (C=O) groups is 2. The van der Waals surface area contributed by atoms with Crippen molar-refractivity contribution in [2.75, 3.05) is 47.1 Å². The lowest BCUT2D eigenvalue weighted by Crippen LogP contribution is -2.39. The minimum Gasteiger partial charge on any atom is -0.452 e. The van der Waals surface area contributed by atoms with E-state index in [1.54, 1.807) is 0 Å². The summed E-state index contributed by atoms with van der Waals surface area (Å²) >= 11 is 5.68. The minimum absolute atomic E-state index is 0.0655. The number of hydrogen-bond donors (Lipinski definition) is 0. The zero-order chi connectivity index (χ0) is 18.8. The molecule has 1 amide bonds. The predicted molar refractivity (Wildman–Crippen MR) is 88.7 cm³/mol. The Labute approximate surface area is 149 Å². The van der Waals surface area contributed by atoms with Crippen molar-refractivity contribution in [1.82, 2.24) is 4.90 Å². The summed E-state index contributed by atoms with van der Waals surface area (Å²) in [5, 5.41) is 10.7. The van der Waals surface area contributed by atoms with Crippen LogP contribution in [0.15, 0.2) is 18.2 Å². The van der Waals surface area contributed by atoms with Gasteiger partial charge in [-0.05, 0) is 12.1 Å². The van der Waals surface area contributed by atoms with Crippen LogP contribution in [-0.2, 0) is 19.0 Å². The molecule has 0 bridgehead atoms. The van der Waals surface area contributed by atoms with E-state index in [0.29, 0.717) is 26.3 Å². The zero-order valence-corrected chi connectivity index (χ0v) is 14.7. The molecule has 0 unspecified atom stereocenters. The monoisotopic (exact) mass is 374 g/mol. The van der Waals surface area contributed by atoms with Gasteiger partial charge >= 0.3 is 5.97 Å². The Morgan fingerprint density at radius 2 is 1.80 bits per heavy atom. The number of benzene rings is 1. The molecule has 0 atom stereocenters. The Morgan fingerprint density at radius 3 is 2.32 bits per heavy atom. The maximum Gasteiger partial charge on any atom is 0.338 e. The van der Waals surface area contributed by atoms with E-state index in [9.17, 15) is 19.7 Å². The lowest BCUT2D eigenvalue weighted by atomic mass is 10.2. The van der Waals surface area contributed by atoms with E-state index in [1.807, 2.05) is 0 Å². The fraction of sp³-hybridized carbons (Fsp3) is 0.467. The van der Waals surface area contributed by atoms with Gasteiger partial charge in [0.15, 0.2) is 6.61 Å². The number of carbonyl (C=O) groups excluding carboxylic acids is 2. The zero-order valence-electron chi connectivity index (χ0n) is 13.9. The molecule has 138 valence electrons. The van der Waals surface area contributed by atoms with Crippen molar-refractivity contribution in [3.63, 3.8) is 0 Å². The van der Waals surface area contributed by atoms with E-state index >= 15 is 0 Å². The summed E-state index contributed by atoms with van der Waals surface area (Å²) in [4.78, 5) is 35.7. The van der Waals surface area contributed by atoms with Gasteiger partial charge < -0.3 is 19.1 Å². The molecule has 0 saturated carbocycles. The van der Waals surface area contributed by atoms with Crippen molar-refractivity contribution in [1.29, 1.82) is 0 Å². The van der Waals surface area contributed by atoms with Gasteiger partial charge in [0.1, 0.15) is 5.02 Å². The number of rotatable bonds is 10. The van der Waals surface area contributed by atoms with Crippen LogP contribution < -0.4 is 0 Å². The number of nitro groups is 1. The highest BCUT2D eigenvalue weighted by atomic mass is 35.5. The molecule has 0 N–H and O–H groups in total. The summed E-state index contributed by atoms with van der Waals surface area (Å²) < 4.78 is 14.8. The molecule has 0 aliphatic carbocycles. The fourth-order valence-corrected chi connectivity index (χ4v) is 2.03. The van der Waals surface area contributed by atoms with Gasteiger partial charge in [-0.15, -0.1) is 0 Å². The van der Waals surface area contributed by atoms with Crippen LogP contribution in [0.5, 0.6) is 0 Å². The van der Waals surface area contributed by atoms with Gasteiger partial charge in [0, 0.05) is 33.4 Å². The molecule has 1 aromatic rings. The largest absolute Gasteiger partial charge is 0.452 e. The number of hydrogen-bond acceptors (Lipinski definition) is 7. The average Bonchev–Trinajstić information content (AvgIpc) is 2.59. The highest BCUT2D eigenvalue weighted by Crippen LogP contribution is 2.25. The molecule has 0 aliphatic heterocycles. The maximum absolute atomic E-state index is 12.1. The normalized spacial score (nSPS) is 10.4. The van der Waals surface area contributed by atoms with Crippen LogP contribution in [-0.4, -0.2) is 68.8 Å². The van der Waals surface area contributed by atoms with Gasteiger partial charge in [-0.25, -0.2) is 4.79 Å². The summed E-state index contributed by atoms with van der Waals surface area (Å²) in [7, 11) is 3.01. The molecule has 0 aromatic heterocycles. The first-order chi connectivity index (χ1) is 11.9. The van der Waals surface area contributed by atoms with Crippen molar-refractivity contribution in [2.45, 2.75) is 0 Å². The van der Waals surface area contributed by atoms with Crippen LogP contribution in [0.3, 0.4) is 0 Å². The van der Waals surface area contributed by atoms with E-state index in [2.05, 4.69) is 0 Å². The molecule has 1 rings (SSSR count).